The van der Waals surface area contributed by atoms with Crippen molar-refractivity contribution in [1.82, 2.24) is 5.32 Å². The van der Waals surface area contributed by atoms with Crippen LogP contribution in [0.4, 0.5) is 0 Å². The third-order valence-corrected chi connectivity index (χ3v) is 3.32. The van der Waals surface area contributed by atoms with Crippen LogP contribution in [0.2, 0.25) is 0 Å². The van der Waals surface area contributed by atoms with Gasteiger partial charge < -0.3 is 10.1 Å². The Morgan fingerprint density at radius 2 is 2.29 bits per heavy atom. The van der Waals surface area contributed by atoms with Crippen LogP contribution >= 0.6 is 11.3 Å². The van der Waals surface area contributed by atoms with E-state index >= 15 is 0 Å². The Morgan fingerprint density at radius 3 is 2.86 bits per heavy atom. The molecule has 2 atom stereocenters. The molecule has 0 aliphatic rings. The average molecular weight is 213 g/mol. The van der Waals surface area contributed by atoms with E-state index < -0.39 is 0 Å². The lowest BCUT2D eigenvalue weighted by molar-refractivity contribution is 0.172. The molecule has 0 saturated heterocycles. The van der Waals surface area contributed by atoms with Crippen LogP contribution in [0.3, 0.4) is 0 Å². The van der Waals surface area contributed by atoms with Gasteiger partial charge in [-0.05, 0) is 18.4 Å². The van der Waals surface area contributed by atoms with Gasteiger partial charge in [0, 0.05) is 30.5 Å². The van der Waals surface area contributed by atoms with Crippen molar-refractivity contribution in [2.45, 2.75) is 25.8 Å². The summed E-state index contributed by atoms with van der Waals surface area (Å²) in [6, 6.07) is 4.73. The number of rotatable bonds is 6. The maximum absolute atomic E-state index is 5.07. The summed E-state index contributed by atoms with van der Waals surface area (Å²) in [5.41, 5.74) is 0. The van der Waals surface area contributed by atoms with E-state index in [1.54, 1.807) is 7.11 Å². The number of nitrogens with one attached hydrogen (secondary N) is 1. The maximum Gasteiger partial charge on any atom is 0.0613 e. The molecule has 0 spiro atoms. The fourth-order valence-corrected chi connectivity index (χ4v) is 2.15. The molecule has 1 rings (SSSR count). The molecule has 3 heteroatoms. The SMILES string of the molecule is COC[C@H](C)NC[C@@H](C)c1cccs1. The van der Waals surface area contributed by atoms with Gasteiger partial charge in [-0.25, -0.2) is 0 Å². The zero-order valence-electron chi connectivity index (χ0n) is 9.12. The largest absolute Gasteiger partial charge is 0.383 e. The van der Waals surface area contributed by atoms with Gasteiger partial charge in [0.2, 0.25) is 0 Å². The van der Waals surface area contributed by atoms with E-state index in [0.717, 1.165) is 13.2 Å². The molecule has 0 fully saturated rings. The minimum absolute atomic E-state index is 0.433. The maximum atomic E-state index is 5.07. The first-order valence-corrected chi connectivity index (χ1v) is 5.87. The predicted molar refractivity (Wildman–Crippen MR) is 62.1 cm³/mol. The summed E-state index contributed by atoms with van der Waals surface area (Å²) < 4.78 is 5.07. The fourth-order valence-electron chi connectivity index (χ4n) is 1.36. The van der Waals surface area contributed by atoms with Crippen molar-refractivity contribution in [3.05, 3.63) is 22.4 Å². The lowest BCUT2D eigenvalue weighted by atomic mass is 10.1. The van der Waals surface area contributed by atoms with Crippen LogP contribution in [0.15, 0.2) is 17.5 Å². The molecule has 0 unspecified atom stereocenters. The number of methoxy groups -OCH3 is 1. The quantitative estimate of drug-likeness (QED) is 0.784. The third-order valence-electron chi connectivity index (χ3n) is 2.22. The Morgan fingerprint density at radius 1 is 1.50 bits per heavy atom. The monoisotopic (exact) mass is 213 g/mol. The molecule has 1 N–H and O–H groups in total. The Balaban J connectivity index is 2.24. The van der Waals surface area contributed by atoms with Gasteiger partial charge in [0.25, 0.3) is 0 Å². The van der Waals surface area contributed by atoms with Gasteiger partial charge in [-0.1, -0.05) is 13.0 Å². The molecule has 0 saturated carbocycles. The van der Waals surface area contributed by atoms with Crippen LogP contribution in [0.25, 0.3) is 0 Å². The first-order valence-electron chi connectivity index (χ1n) is 4.99. The van der Waals surface area contributed by atoms with Crippen molar-refractivity contribution < 1.29 is 4.74 Å². The van der Waals surface area contributed by atoms with Crippen LogP contribution in [-0.2, 0) is 4.74 Å². The van der Waals surface area contributed by atoms with E-state index in [-0.39, 0.29) is 0 Å². The highest BCUT2D eigenvalue weighted by Crippen LogP contribution is 2.19. The number of ether oxygens (including phenoxy) is 1. The van der Waals surface area contributed by atoms with Gasteiger partial charge in [0.05, 0.1) is 6.61 Å². The number of hydrogen-bond acceptors (Lipinski definition) is 3. The van der Waals surface area contributed by atoms with Gasteiger partial charge in [-0.2, -0.15) is 0 Å². The summed E-state index contributed by atoms with van der Waals surface area (Å²) in [5, 5.41) is 5.58. The third kappa shape index (κ3) is 3.78. The van der Waals surface area contributed by atoms with E-state index in [4.69, 9.17) is 4.74 Å². The second-order valence-electron chi connectivity index (χ2n) is 3.68. The Labute approximate surface area is 90.3 Å². The summed E-state index contributed by atoms with van der Waals surface area (Å²) in [6.07, 6.45) is 0. The summed E-state index contributed by atoms with van der Waals surface area (Å²) in [5.74, 6) is 0.592. The van der Waals surface area contributed by atoms with Crippen LogP contribution < -0.4 is 5.32 Å². The average Bonchev–Trinajstić information content (AvgIpc) is 2.67. The van der Waals surface area contributed by atoms with Gasteiger partial charge in [0.15, 0.2) is 0 Å². The molecule has 80 valence electrons. The van der Waals surface area contributed by atoms with Crippen molar-refractivity contribution >= 4 is 11.3 Å². The molecule has 0 amide bonds. The van der Waals surface area contributed by atoms with Crippen molar-refractivity contribution in [2.75, 3.05) is 20.3 Å². The lowest BCUT2D eigenvalue weighted by Gasteiger charge is -2.16. The standard InChI is InChI=1S/C11H19NOS/c1-9(11-5-4-6-14-11)7-12-10(2)8-13-3/h4-6,9-10,12H,7-8H2,1-3H3/t9-,10+/m1/s1. The smallest absolute Gasteiger partial charge is 0.0613 e. The lowest BCUT2D eigenvalue weighted by Crippen LogP contribution is -2.32. The molecule has 0 aliphatic heterocycles. The van der Waals surface area contributed by atoms with Crippen molar-refractivity contribution in [3.8, 4) is 0 Å². The second-order valence-corrected chi connectivity index (χ2v) is 4.66. The van der Waals surface area contributed by atoms with Crippen LogP contribution in [-0.4, -0.2) is 26.3 Å². The van der Waals surface area contributed by atoms with Gasteiger partial charge in [-0.15, -0.1) is 11.3 Å². The first-order chi connectivity index (χ1) is 6.74. The molecule has 1 aromatic rings. The van der Waals surface area contributed by atoms with Crippen molar-refractivity contribution in [2.24, 2.45) is 0 Å². The second kappa shape index (κ2) is 6.17. The van der Waals surface area contributed by atoms with Gasteiger partial charge in [-0.3, -0.25) is 0 Å². The molecule has 0 aromatic carbocycles. The van der Waals surface area contributed by atoms with Crippen LogP contribution in [0.5, 0.6) is 0 Å². The minimum Gasteiger partial charge on any atom is -0.383 e. The zero-order chi connectivity index (χ0) is 10.4. The van der Waals surface area contributed by atoms with Gasteiger partial charge in [0.1, 0.15) is 0 Å². The predicted octanol–water partition coefficient (Wildman–Crippen LogP) is 2.48. The zero-order valence-corrected chi connectivity index (χ0v) is 9.93. The summed E-state index contributed by atoms with van der Waals surface area (Å²) >= 11 is 1.82. The molecule has 1 heterocycles. The number of hydrogen-bond donors (Lipinski definition) is 1. The highest BCUT2D eigenvalue weighted by molar-refractivity contribution is 7.10. The molecule has 0 bridgehead atoms. The minimum atomic E-state index is 0.433. The molecule has 0 aliphatic carbocycles. The highest BCUT2D eigenvalue weighted by atomic mass is 32.1. The van der Waals surface area contributed by atoms with Crippen molar-refractivity contribution in [3.63, 3.8) is 0 Å². The molecule has 14 heavy (non-hydrogen) atoms. The van der Waals surface area contributed by atoms with Crippen LogP contribution in [0.1, 0.15) is 24.6 Å². The Kier molecular flexibility index (Phi) is 5.15. The summed E-state index contributed by atoms with van der Waals surface area (Å²) in [7, 11) is 1.74. The topological polar surface area (TPSA) is 21.3 Å². The van der Waals surface area contributed by atoms with E-state index in [2.05, 4.69) is 36.7 Å². The van der Waals surface area contributed by atoms with Crippen LogP contribution in [0, 0.1) is 0 Å². The molecular weight excluding hydrogens is 194 g/mol. The fraction of sp³-hybridized carbons (Fsp3) is 0.636. The molecule has 1 aromatic heterocycles. The first kappa shape index (κ1) is 11.7. The highest BCUT2D eigenvalue weighted by Gasteiger charge is 2.07. The summed E-state index contributed by atoms with van der Waals surface area (Å²) in [6.45, 7) is 6.19. The molecule has 2 nitrogen and oxygen atoms in total. The van der Waals surface area contributed by atoms with E-state index in [1.165, 1.54) is 4.88 Å². The Hall–Kier alpha value is -0.380. The normalized spacial score (nSPS) is 15.4. The number of thiophene rings is 1. The molecule has 0 radical (unpaired) electrons. The van der Waals surface area contributed by atoms with Gasteiger partial charge >= 0.3 is 0 Å². The summed E-state index contributed by atoms with van der Waals surface area (Å²) in [4.78, 5) is 1.45. The Bertz CT molecular complexity index is 235. The molecular formula is C11H19NOS. The van der Waals surface area contributed by atoms with Crippen molar-refractivity contribution in [1.29, 1.82) is 0 Å². The van der Waals surface area contributed by atoms with E-state index in [9.17, 15) is 0 Å². The van der Waals surface area contributed by atoms with E-state index in [0.29, 0.717) is 12.0 Å². The van der Waals surface area contributed by atoms with E-state index in [1.807, 2.05) is 11.3 Å².